The van der Waals surface area contributed by atoms with Gasteiger partial charge in [0.25, 0.3) is 0 Å². The van der Waals surface area contributed by atoms with Crippen molar-refractivity contribution in [1.82, 2.24) is 4.90 Å². The third-order valence-corrected chi connectivity index (χ3v) is 6.35. The van der Waals surface area contributed by atoms with Gasteiger partial charge in [0.1, 0.15) is 5.75 Å². The quantitative estimate of drug-likeness (QED) is 0.892. The van der Waals surface area contributed by atoms with Gasteiger partial charge in [-0.25, -0.2) is 0 Å². The molecule has 3 aliphatic rings. The van der Waals surface area contributed by atoms with Gasteiger partial charge in [0, 0.05) is 31.5 Å². The highest BCUT2D eigenvalue weighted by Gasteiger charge is 2.32. The lowest BCUT2D eigenvalue weighted by Gasteiger charge is -2.31. The molecule has 2 fully saturated rings. The third kappa shape index (κ3) is 3.69. The minimum Gasteiger partial charge on any atom is -0.493 e. The summed E-state index contributed by atoms with van der Waals surface area (Å²) in [4.78, 5) is 15.3. The van der Waals surface area contributed by atoms with E-state index in [1.165, 1.54) is 30.4 Å². The number of hydrogen-bond acceptors (Lipinski definition) is 3. The Morgan fingerprint density at radius 2 is 2.00 bits per heavy atom. The molecule has 1 heterocycles. The molecule has 1 aromatic rings. The lowest BCUT2D eigenvalue weighted by atomic mass is 9.98. The summed E-state index contributed by atoms with van der Waals surface area (Å²) in [5, 5.41) is 0. The number of rotatable bonds is 5. The molecule has 0 bridgehead atoms. The van der Waals surface area contributed by atoms with E-state index in [2.05, 4.69) is 23.1 Å². The molecule has 0 radical (unpaired) electrons. The highest BCUT2D eigenvalue weighted by atomic mass is 16.5. The molecular formula is C21H30N2O2. The second-order valence-electron chi connectivity index (χ2n) is 8.06. The van der Waals surface area contributed by atoms with Gasteiger partial charge in [-0.2, -0.15) is 0 Å². The van der Waals surface area contributed by atoms with Crippen LogP contribution in [0, 0.1) is 5.92 Å². The molecule has 25 heavy (non-hydrogen) atoms. The monoisotopic (exact) mass is 342 g/mol. The van der Waals surface area contributed by atoms with E-state index in [0.717, 1.165) is 51.0 Å². The largest absolute Gasteiger partial charge is 0.493 e. The van der Waals surface area contributed by atoms with Crippen molar-refractivity contribution in [3.63, 3.8) is 0 Å². The molecule has 1 aromatic carbocycles. The predicted molar refractivity (Wildman–Crippen MR) is 98.4 cm³/mol. The van der Waals surface area contributed by atoms with E-state index in [1.807, 2.05) is 0 Å². The highest BCUT2D eigenvalue weighted by Crippen LogP contribution is 2.32. The molecule has 1 aliphatic heterocycles. The Morgan fingerprint density at radius 3 is 2.76 bits per heavy atom. The molecule has 2 N–H and O–H groups in total. The van der Waals surface area contributed by atoms with Crippen molar-refractivity contribution in [1.29, 1.82) is 0 Å². The van der Waals surface area contributed by atoms with Gasteiger partial charge in [-0.1, -0.05) is 31.4 Å². The van der Waals surface area contributed by atoms with Gasteiger partial charge in [0.2, 0.25) is 5.91 Å². The van der Waals surface area contributed by atoms with Gasteiger partial charge in [-0.05, 0) is 48.8 Å². The van der Waals surface area contributed by atoms with Crippen molar-refractivity contribution in [2.75, 3.05) is 6.61 Å². The van der Waals surface area contributed by atoms with E-state index in [9.17, 15) is 4.79 Å². The van der Waals surface area contributed by atoms with Crippen molar-refractivity contribution in [2.45, 2.75) is 76.4 Å². The topological polar surface area (TPSA) is 55.6 Å². The molecule has 2 atom stereocenters. The van der Waals surface area contributed by atoms with Crippen LogP contribution in [0.25, 0.3) is 0 Å². The molecule has 4 nitrogen and oxygen atoms in total. The number of carbonyl (C=O) groups excluding carboxylic acids is 1. The number of carbonyl (C=O) groups is 1. The molecule has 0 aromatic heterocycles. The predicted octanol–water partition coefficient (Wildman–Crippen LogP) is 3.41. The lowest BCUT2D eigenvalue weighted by molar-refractivity contribution is -0.135. The number of nitrogens with zero attached hydrogens (tertiary/aromatic N) is 1. The zero-order valence-electron chi connectivity index (χ0n) is 15.1. The maximum atomic E-state index is 13.1. The van der Waals surface area contributed by atoms with Crippen LogP contribution < -0.4 is 10.5 Å². The molecule has 0 unspecified atom stereocenters. The standard InChI is InChI=1S/C21H30N2O2/c22-19-7-3-4-16(19)13-21(24)23(18-5-1-2-6-18)14-15-8-9-20-17(12-15)10-11-25-20/h8-9,12,16,18-19H,1-7,10-11,13-14,22H2/t16-,19+/m0/s1. The van der Waals surface area contributed by atoms with E-state index >= 15 is 0 Å². The summed E-state index contributed by atoms with van der Waals surface area (Å²) in [6.07, 6.45) is 9.77. The number of ether oxygens (including phenoxy) is 1. The number of hydrogen-bond donors (Lipinski definition) is 1. The van der Waals surface area contributed by atoms with Crippen molar-refractivity contribution >= 4 is 5.91 Å². The Balaban J connectivity index is 1.48. The van der Waals surface area contributed by atoms with E-state index in [1.54, 1.807) is 0 Å². The third-order valence-electron chi connectivity index (χ3n) is 6.35. The molecular weight excluding hydrogens is 312 g/mol. The first kappa shape index (κ1) is 16.9. The zero-order valence-corrected chi connectivity index (χ0v) is 15.1. The van der Waals surface area contributed by atoms with Crippen molar-refractivity contribution in [2.24, 2.45) is 11.7 Å². The highest BCUT2D eigenvalue weighted by molar-refractivity contribution is 5.77. The Labute approximate surface area is 150 Å². The number of benzene rings is 1. The van der Waals surface area contributed by atoms with Crippen LogP contribution in [0.1, 0.15) is 62.5 Å². The lowest BCUT2D eigenvalue weighted by Crippen LogP contribution is -2.40. The summed E-state index contributed by atoms with van der Waals surface area (Å²) in [6, 6.07) is 7.06. The van der Waals surface area contributed by atoms with Crippen LogP contribution in [-0.2, 0) is 17.8 Å². The number of amides is 1. The first-order valence-corrected chi connectivity index (χ1v) is 10.0. The molecule has 4 rings (SSSR count). The van der Waals surface area contributed by atoms with Crippen LogP contribution in [0.3, 0.4) is 0 Å². The van der Waals surface area contributed by atoms with Crippen LogP contribution in [0.4, 0.5) is 0 Å². The van der Waals surface area contributed by atoms with E-state index in [4.69, 9.17) is 10.5 Å². The molecule has 136 valence electrons. The molecule has 2 aliphatic carbocycles. The Hall–Kier alpha value is -1.55. The van der Waals surface area contributed by atoms with Crippen LogP contribution in [-0.4, -0.2) is 29.5 Å². The minimum atomic E-state index is 0.214. The molecule has 1 amide bonds. The van der Waals surface area contributed by atoms with Gasteiger partial charge in [-0.15, -0.1) is 0 Å². The average molecular weight is 342 g/mol. The van der Waals surface area contributed by atoms with Gasteiger partial charge in [0.05, 0.1) is 6.61 Å². The van der Waals surface area contributed by atoms with Crippen LogP contribution >= 0.6 is 0 Å². The molecule has 0 saturated heterocycles. The first-order valence-electron chi connectivity index (χ1n) is 10.0. The summed E-state index contributed by atoms with van der Waals surface area (Å²) < 4.78 is 5.61. The molecule has 4 heteroatoms. The van der Waals surface area contributed by atoms with E-state index in [-0.39, 0.29) is 6.04 Å². The number of nitrogens with two attached hydrogens (primary N) is 1. The zero-order chi connectivity index (χ0) is 17.2. The Kier molecular flexibility index (Phi) is 4.98. The molecule has 2 saturated carbocycles. The minimum absolute atomic E-state index is 0.214. The van der Waals surface area contributed by atoms with Crippen LogP contribution in [0.5, 0.6) is 5.75 Å². The van der Waals surface area contributed by atoms with Crippen molar-refractivity contribution in [3.05, 3.63) is 29.3 Å². The van der Waals surface area contributed by atoms with Crippen molar-refractivity contribution in [3.8, 4) is 5.75 Å². The second-order valence-corrected chi connectivity index (χ2v) is 8.06. The fraction of sp³-hybridized carbons (Fsp3) is 0.667. The fourth-order valence-electron chi connectivity index (χ4n) is 4.83. The summed E-state index contributed by atoms with van der Waals surface area (Å²) in [7, 11) is 0. The summed E-state index contributed by atoms with van der Waals surface area (Å²) in [5.74, 6) is 1.70. The first-order chi connectivity index (χ1) is 12.2. The Bertz CT molecular complexity index is 624. The molecule has 0 spiro atoms. The number of fused-ring (bicyclic) bond motifs is 1. The van der Waals surface area contributed by atoms with Gasteiger partial charge in [-0.3, -0.25) is 4.79 Å². The maximum absolute atomic E-state index is 13.1. The van der Waals surface area contributed by atoms with Crippen molar-refractivity contribution < 1.29 is 9.53 Å². The summed E-state index contributed by atoms with van der Waals surface area (Å²) >= 11 is 0. The average Bonchev–Trinajstić information content (AvgIpc) is 3.34. The maximum Gasteiger partial charge on any atom is 0.223 e. The summed E-state index contributed by atoms with van der Waals surface area (Å²) in [5.41, 5.74) is 8.73. The van der Waals surface area contributed by atoms with Crippen LogP contribution in [0.15, 0.2) is 18.2 Å². The fourth-order valence-corrected chi connectivity index (χ4v) is 4.83. The smallest absolute Gasteiger partial charge is 0.223 e. The Morgan fingerprint density at radius 1 is 1.16 bits per heavy atom. The van der Waals surface area contributed by atoms with E-state index < -0.39 is 0 Å². The van der Waals surface area contributed by atoms with Gasteiger partial charge < -0.3 is 15.4 Å². The SMILES string of the molecule is N[C@@H]1CCC[C@H]1CC(=O)N(Cc1ccc2c(c1)CCO2)C1CCCC1. The van der Waals surface area contributed by atoms with Gasteiger partial charge in [0.15, 0.2) is 0 Å². The normalized spacial score (nSPS) is 25.8. The summed E-state index contributed by atoms with van der Waals surface area (Å²) in [6.45, 7) is 1.52. The van der Waals surface area contributed by atoms with Gasteiger partial charge >= 0.3 is 0 Å². The van der Waals surface area contributed by atoms with Crippen LogP contribution in [0.2, 0.25) is 0 Å². The van der Waals surface area contributed by atoms with E-state index in [0.29, 0.717) is 24.3 Å². The second kappa shape index (κ2) is 7.36.